The highest BCUT2D eigenvalue weighted by Gasteiger charge is 2.30. The summed E-state index contributed by atoms with van der Waals surface area (Å²) < 4.78 is 0. The molecule has 18 heavy (non-hydrogen) atoms. The van der Waals surface area contributed by atoms with Crippen molar-refractivity contribution in [3.05, 3.63) is 35.4 Å². The minimum atomic E-state index is 0.230. The molecule has 0 saturated carbocycles. The second-order valence-corrected chi connectivity index (χ2v) is 6.14. The summed E-state index contributed by atoms with van der Waals surface area (Å²) in [7, 11) is 0. The van der Waals surface area contributed by atoms with Crippen molar-refractivity contribution in [2.24, 2.45) is 0 Å². The smallest absolute Gasteiger partial charge is 0.0253 e. The molecule has 1 saturated heterocycles. The molecule has 1 aliphatic rings. The zero-order chi connectivity index (χ0) is 13.2. The molecule has 1 N–H and O–H groups in total. The van der Waals surface area contributed by atoms with Crippen LogP contribution in [-0.4, -0.2) is 29.6 Å². The van der Waals surface area contributed by atoms with Crippen LogP contribution in [0.3, 0.4) is 0 Å². The van der Waals surface area contributed by atoms with Crippen LogP contribution in [0.15, 0.2) is 24.3 Å². The van der Waals surface area contributed by atoms with Gasteiger partial charge in [0, 0.05) is 31.2 Å². The van der Waals surface area contributed by atoms with E-state index in [0.29, 0.717) is 6.04 Å². The van der Waals surface area contributed by atoms with Gasteiger partial charge in [0.2, 0.25) is 0 Å². The third-order valence-electron chi connectivity index (χ3n) is 3.97. The standard InChI is InChI=1S/C16H26N2/c1-5-14-8-6-7-9-15(14)11-18-12-16(3,4)17-10-13(18)2/h6-9,13,17H,5,10-12H2,1-4H3. The van der Waals surface area contributed by atoms with Crippen molar-refractivity contribution >= 4 is 0 Å². The van der Waals surface area contributed by atoms with Crippen molar-refractivity contribution in [1.29, 1.82) is 0 Å². The van der Waals surface area contributed by atoms with Gasteiger partial charge < -0.3 is 5.32 Å². The second kappa shape index (κ2) is 5.41. The van der Waals surface area contributed by atoms with Gasteiger partial charge in [0.25, 0.3) is 0 Å². The van der Waals surface area contributed by atoms with Crippen molar-refractivity contribution < 1.29 is 0 Å². The summed E-state index contributed by atoms with van der Waals surface area (Å²) in [6.45, 7) is 12.4. The Morgan fingerprint density at radius 1 is 1.28 bits per heavy atom. The Kier molecular flexibility index (Phi) is 4.08. The Hall–Kier alpha value is -0.860. The molecule has 1 fully saturated rings. The first-order chi connectivity index (χ1) is 8.52. The quantitative estimate of drug-likeness (QED) is 0.882. The van der Waals surface area contributed by atoms with Gasteiger partial charge in [-0.05, 0) is 38.3 Å². The Bertz CT molecular complexity index is 398. The van der Waals surface area contributed by atoms with Gasteiger partial charge in [0.05, 0.1) is 0 Å². The fourth-order valence-electron chi connectivity index (χ4n) is 2.76. The van der Waals surface area contributed by atoms with E-state index in [9.17, 15) is 0 Å². The van der Waals surface area contributed by atoms with Crippen LogP contribution >= 0.6 is 0 Å². The Morgan fingerprint density at radius 2 is 1.94 bits per heavy atom. The first-order valence-corrected chi connectivity index (χ1v) is 7.07. The maximum Gasteiger partial charge on any atom is 0.0253 e. The fourth-order valence-corrected chi connectivity index (χ4v) is 2.76. The van der Waals surface area contributed by atoms with E-state index >= 15 is 0 Å². The first-order valence-electron chi connectivity index (χ1n) is 7.07. The lowest BCUT2D eigenvalue weighted by Crippen LogP contribution is -2.60. The van der Waals surface area contributed by atoms with E-state index in [0.717, 1.165) is 26.1 Å². The summed E-state index contributed by atoms with van der Waals surface area (Å²) in [5.41, 5.74) is 3.21. The van der Waals surface area contributed by atoms with Crippen LogP contribution in [0.1, 0.15) is 38.8 Å². The van der Waals surface area contributed by atoms with E-state index in [2.05, 4.69) is 62.2 Å². The van der Waals surface area contributed by atoms with E-state index in [4.69, 9.17) is 0 Å². The highest BCUT2D eigenvalue weighted by Crippen LogP contribution is 2.19. The van der Waals surface area contributed by atoms with Gasteiger partial charge in [-0.15, -0.1) is 0 Å². The average molecular weight is 246 g/mol. The summed E-state index contributed by atoms with van der Waals surface area (Å²) in [6.07, 6.45) is 1.13. The van der Waals surface area contributed by atoms with Crippen LogP contribution in [0.5, 0.6) is 0 Å². The molecule has 0 aromatic heterocycles. The highest BCUT2D eigenvalue weighted by molar-refractivity contribution is 5.27. The van der Waals surface area contributed by atoms with Crippen LogP contribution < -0.4 is 5.32 Å². The second-order valence-electron chi connectivity index (χ2n) is 6.14. The molecule has 0 aliphatic carbocycles. The number of nitrogens with zero attached hydrogens (tertiary/aromatic N) is 1. The third-order valence-corrected chi connectivity index (χ3v) is 3.97. The summed E-state index contributed by atoms with van der Waals surface area (Å²) >= 11 is 0. The van der Waals surface area contributed by atoms with Crippen LogP contribution in [0.4, 0.5) is 0 Å². The summed E-state index contributed by atoms with van der Waals surface area (Å²) in [4.78, 5) is 2.60. The number of aryl methyl sites for hydroxylation is 1. The summed E-state index contributed by atoms with van der Waals surface area (Å²) in [5.74, 6) is 0. The molecule has 1 aliphatic heterocycles. The number of nitrogens with one attached hydrogen (secondary N) is 1. The minimum Gasteiger partial charge on any atom is -0.309 e. The number of hydrogen-bond donors (Lipinski definition) is 1. The maximum atomic E-state index is 3.61. The van der Waals surface area contributed by atoms with Gasteiger partial charge >= 0.3 is 0 Å². The predicted molar refractivity (Wildman–Crippen MR) is 77.8 cm³/mol. The van der Waals surface area contributed by atoms with Gasteiger partial charge in [-0.3, -0.25) is 4.90 Å². The van der Waals surface area contributed by atoms with Crippen LogP contribution in [0, 0.1) is 0 Å². The lowest BCUT2D eigenvalue weighted by Gasteiger charge is -2.43. The summed E-state index contributed by atoms with van der Waals surface area (Å²) in [6, 6.07) is 9.45. The molecule has 2 heteroatoms. The van der Waals surface area contributed by atoms with Crippen LogP contribution in [0.2, 0.25) is 0 Å². The zero-order valence-corrected chi connectivity index (χ0v) is 12.2. The zero-order valence-electron chi connectivity index (χ0n) is 12.2. The van der Waals surface area contributed by atoms with E-state index in [1.54, 1.807) is 0 Å². The van der Waals surface area contributed by atoms with E-state index < -0.39 is 0 Å². The highest BCUT2D eigenvalue weighted by atomic mass is 15.2. The molecule has 2 nitrogen and oxygen atoms in total. The Morgan fingerprint density at radius 3 is 2.61 bits per heavy atom. The minimum absolute atomic E-state index is 0.230. The van der Waals surface area contributed by atoms with Crippen LogP contribution in [0.25, 0.3) is 0 Å². The lowest BCUT2D eigenvalue weighted by molar-refractivity contribution is 0.0975. The van der Waals surface area contributed by atoms with Crippen molar-refractivity contribution in [2.75, 3.05) is 13.1 Å². The van der Waals surface area contributed by atoms with Gasteiger partial charge in [-0.1, -0.05) is 31.2 Å². The Balaban J connectivity index is 2.12. The average Bonchev–Trinajstić information content (AvgIpc) is 2.34. The molecule has 0 bridgehead atoms. The molecule has 2 rings (SSSR count). The third kappa shape index (κ3) is 3.12. The van der Waals surface area contributed by atoms with Crippen LogP contribution in [-0.2, 0) is 13.0 Å². The predicted octanol–water partition coefficient (Wildman–Crippen LogP) is 2.82. The maximum absolute atomic E-state index is 3.61. The number of piperazine rings is 1. The van der Waals surface area contributed by atoms with Gasteiger partial charge in [-0.25, -0.2) is 0 Å². The number of hydrogen-bond acceptors (Lipinski definition) is 2. The monoisotopic (exact) mass is 246 g/mol. The molecule has 0 spiro atoms. The largest absolute Gasteiger partial charge is 0.309 e. The summed E-state index contributed by atoms with van der Waals surface area (Å²) in [5, 5.41) is 3.61. The number of rotatable bonds is 3. The van der Waals surface area contributed by atoms with Crippen molar-refractivity contribution in [3.63, 3.8) is 0 Å². The molecule has 1 heterocycles. The fraction of sp³-hybridized carbons (Fsp3) is 0.625. The molecular formula is C16H26N2. The van der Waals surface area contributed by atoms with E-state index in [1.807, 2.05) is 0 Å². The van der Waals surface area contributed by atoms with Gasteiger partial charge in [0.1, 0.15) is 0 Å². The molecular weight excluding hydrogens is 220 g/mol. The van der Waals surface area contributed by atoms with Gasteiger partial charge in [-0.2, -0.15) is 0 Å². The normalized spacial score (nSPS) is 24.1. The molecule has 1 atom stereocenters. The van der Waals surface area contributed by atoms with Gasteiger partial charge in [0.15, 0.2) is 0 Å². The van der Waals surface area contributed by atoms with E-state index in [-0.39, 0.29) is 5.54 Å². The molecule has 1 aromatic rings. The molecule has 0 radical (unpaired) electrons. The SMILES string of the molecule is CCc1ccccc1CN1CC(C)(C)NCC1C. The van der Waals surface area contributed by atoms with Crippen molar-refractivity contribution in [1.82, 2.24) is 10.2 Å². The topological polar surface area (TPSA) is 15.3 Å². The molecule has 1 unspecified atom stereocenters. The first kappa shape index (κ1) is 13.6. The lowest BCUT2D eigenvalue weighted by atomic mass is 9.97. The molecule has 1 aromatic carbocycles. The van der Waals surface area contributed by atoms with Crippen molar-refractivity contribution in [2.45, 2.75) is 52.2 Å². The Labute approximate surface area is 111 Å². The number of benzene rings is 1. The molecule has 0 amide bonds. The molecule has 100 valence electrons. The van der Waals surface area contributed by atoms with Crippen molar-refractivity contribution in [3.8, 4) is 0 Å². The van der Waals surface area contributed by atoms with E-state index in [1.165, 1.54) is 11.1 Å².